The van der Waals surface area contributed by atoms with Gasteiger partial charge in [0.05, 0.1) is 11.4 Å². The number of hydrogen-bond donors (Lipinski definition) is 0. The van der Waals surface area contributed by atoms with Crippen LogP contribution in [0.2, 0.25) is 0 Å². The molecule has 0 aliphatic heterocycles. The Morgan fingerprint density at radius 1 is 1.07 bits per heavy atom. The van der Waals surface area contributed by atoms with Gasteiger partial charge in [-0.2, -0.15) is 0 Å². The molecule has 0 atom stereocenters. The molecule has 0 unspecified atom stereocenters. The van der Waals surface area contributed by atoms with Crippen molar-refractivity contribution < 1.29 is 28.9 Å². The van der Waals surface area contributed by atoms with Gasteiger partial charge >= 0.3 is 6.14 Å². The average Bonchev–Trinajstić information content (AvgIpc) is 3.22. The van der Waals surface area contributed by atoms with E-state index in [9.17, 15) is 4.39 Å². The van der Waals surface area contributed by atoms with Crippen LogP contribution in [-0.2, 0) is 20.1 Å². The summed E-state index contributed by atoms with van der Waals surface area (Å²) in [6.45, 7) is 10.6. The fourth-order valence-electron chi connectivity index (χ4n) is 3.57. The van der Waals surface area contributed by atoms with E-state index in [2.05, 4.69) is 66.6 Å². The number of fused-ring (bicyclic) bond motifs is 1. The maximum Gasteiger partial charge on any atom is 0.371 e. The van der Waals surface area contributed by atoms with Gasteiger partial charge in [0.1, 0.15) is 0 Å². The van der Waals surface area contributed by atoms with Crippen molar-refractivity contribution in [1.82, 2.24) is 19.5 Å². The van der Waals surface area contributed by atoms with Gasteiger partial charge in [-0.1, -0.05) is 51.5 Å². The molecule has 4 aromatic rings. The second-order valence-electron chi connectivity index (χ2n) is 7.60. The molecule has 0 saturated carbocycles. The van der Waals surface area contributed by atoms with E-state index in [1.54, 1.807) is 0 Å². The molecule has 3 heterocycles. The third kappa shape index (κ3) is 3.77. The van der Waals surface area contributed by atoms with E-state index >= 15 is 0 Å². The smallest absolute Gasteiger partial charge is 0.371 e. The zero-order valence-corrected chi connectivity index (χ0v) is 19.3. The van der Waals surface area contributed by atoms with Gasteiger partial charge in [-0.15, -0.1) is 4.39 Å². The molecule has 5 nitrogen and oxygen atoms in total. The van der Waals surface area contributed by atoms with Gasteiger partial charge in [-0.25, -0.2) is 4.98 Å². The molecule has 1 radical (unpaired) electrons. The monoisotopic (exact) mass is 570 g/mol. The molecule has 29 heavy (non-hydrogen) atoms. The molecule has 7 heteroatoms. The topological polar surface area (TPSA) is 56.7 Å². The van der Waals surface area contributed by atoms with Crippen LogP contribution in [0.3, 0.4) is 0 Å². The summed E-state index contributed by atoms with van der Waals surface area (Å²) in [5.41, 5.74) is 5.54. The van der Waals surface area contributed by atoms with Gasteiger partial charge in [-0.05, 0) is 42.3 Å². The number of oxazole rings is 1. The van der Waals surface area contributed by atoms with Crippen molar-refractivity contribution >= 4 is 11.1 Å². The number of hydrogen-bond acceptors (Lipinski definition) is 4. The molecule has 1 aromatic carbocycles. The first-order chi connectivity index (χ1) is 13.4. The molecule has 0 N–H and O–H groups in total. The minimum absolute atomic E-state index is 0. The van der Waals surface area contributed by atoms with Crippen molar-refractivity contribution in [3.05, 3.63) is 59.8 Å². The van der Waals surface area contributed by atoms with E-state index < -0.39 is 6.14 Å². The van der Waals surface area contributed by atoms with Crippen LogP contribution in [0, 0.1) is 19.3 Å². The Labute approximate surface area is 182 Å². The fraction of sp³-hybridized carbons (Fsp3) is 0.318. The maximum atomic E-state index is 13.6. The van der Waals surface area contributed by atoms with Crippen LogP contribution in [0.15, 0.2) is 35.0 Å². The van der Waals surface area contributed by atoms with Crippen LogP contribution < -0.4 is 0 Å². The van der Waals surface area contributed by atoms with Gasteiger partial charge in [0, 0.05) is 43.2 Å². The first kappa shape index (κ1) is 21.3. The zero-order valence-electron chi connectivity index (χ0n) is 16.9. The number of rotatable bonds is 4. The summed E-state index contributed by atoms with van der Waals surface area (Å²) in [6, 6.07) is 6.38. The Hall–Kier alpha value is -2.37. The molecular formula is C22H22FIrN4O-. The molecule has 0 fully saturated rings. The fourth-order valence-corrected chi connectivity index (χ4v) is 3.57. The average molecular weight is 570 g/mol. The van der Waals surface area contributed by atoms with E-state index in [4.69, 9.17) is 9.40 Å². The first-order valence-corrected chi connectivity index (χ1v) is 9.39. The van der Waals surface area contributed by atoms with Crippen molar-refractivity contribution in [2.75, 3.05) is 0 Å². The summed E-state index contributed by atoms with van der Waals surface area (Å²) in [5, 5.41) is 0. The Morgan fingerprint density at radius 3 is 2.34 bits per heavy atom. The van der Waals surface area contributed by atoms with E-state index in [1.165, 1.54) is 17.3 Å². The zero-order chi connectivity index (χ0) is 20.0. The number of para-hydroxylation sites is 1. The quantitative estimate of drug-likeness (QED) is 0.302. The minimum atomic E-state index is -0.891. The summed E-state index contributed by atoms with van der Waals surface area (Å²) in [7, 11) is 0. The molecular weight excluding hydrogens is 547 g/mol. The van der Waals surface area contributed by atoms with Gasteiger partial charge in [0.25, 0.3) is 0 Å². The number of nitrogens with zero attached hydrogens (tertiary/aromatic N) is 4. The second kappa shape index (κ2) is 8.17. The van der Waals surface area contributed by atoms with Crippen LogP contribution >= 0.6 is 0 Å². The van der Waals surface area contributed by atoms with Crippen molar-refractivity contribution in [3.63, 3.8) is 0 Å². The molecule has 0 amide bonds. The third-order valence-corrected chi connectivity index (χ3v) is 4.86. The van der Waals surface area contributed by atoms with Gasteiger partial charge < -0.3 is 14.0 Å². The number of benzene rings is 1. The molecule has 0 bridgehead atoms. The van der Waals surface area contributed by atoms with Crippen LogP contribution in [0.5, 0.6) is 0 Å². The minimum Gasteiger partial charge on any atom is -0.434 e. The molecule has 0 aliphatic carbocycles. The van der Waals surface area contributed by atoms with Gasteiger partial charge in [-0.3, -0.25) is 4.98 Å². The summed E-state index contributed by atoms with van der Waals surface area (Å²) in [4.78, 5) is 12.7. The largest absolute Gasteiger partial charge is 0.434 e. The summed E-state index contributed by atoms with van der Waals surface area (Å²) < 4.78 is 20.7. The Bertz CT molecular complexity index is 1140. The maximum absolute atomic E-state index is 13.6. The van der Waals surface area contributed by atoms with E-state index in [0.717, 1.165) is 11.4 Å². The molecule has 0 aliphatic rings. The number of imidazole rings is 1. The third-order valence-electron chi connectivity index (χ3n) is 4.86. The Morgan fingerprint density at radius 2 is 1.72 bits per heavy atom. The van der Waals surface area contributed by atoms with E-state index in [-0.39, 0.29) is 25.7 Å². The summed E-state index contributed by atoms with van der Waals surface area (Å²) in [6.07, 6.45) is 5.45. The summed E-state index contributed by atoms with van der Waals surface area (Å²) in [5.74, 6) is 1.28. The van der Waals surface area contributed by atoms with Crippen LogP contribution in [0.4, 0.5) is 4.39 Å². The molecule has 0 saturated heterocycles. The molecule has 153 valence electrons. The van der Waals surface area contributed by atoms with Crippen molar-refractivity contribution in [1.29, 1.82) is 0 Å². The van der Waals surface area contributed by atoms with Crippen LogP contribution in [0.25, 0.3) is 28.2 Å². The van der Waals surface area contributed by atoms with Crippen molar-refractivity contribution in [2.24, 2.45) is 0 Å². The van der Waals surface area contributed by atoms with Crippen molar-refractivity contribution in [3.8, 4) is 17.1 Å². The van der Waals surface area contributed by atoms with Gasteiger partial charge in [0.2, 0.25) is 0 Å². The Balaban J connectivity index is 0.00000240. The second-order valence-corrected chi connectivity index (χ2v) is 7.60. The number of halogens is 1. The van der Waals surface area contributed by atoms with Crippen LogP contribution in [-0.4, -0.2) is 19.5 Å². The number of pyridine rings is 1. The standard InChI is InChI=1S/C22H22FN4O.Ir/c1-12(2)15-7-6-8-16(13(3)4)20(15)27-11-14(5)25-21(27)17-9-24-10-18-19(17)26-22(23)28-18;/h6-8,10-13H,1-5H3;/q-1;. The number of aromatic nitrogens is 4. The van der Waals surface area contributed by atoms with Crippen LogP contribution in [0.1, 0.15) is 56.4 Å². The van der Waals surface area contributed by atoms with Crippen molar-refractivity contribution in [2.45, 2.75) is 46.5 Å². The normalized spacial score (nSPS) is 11.4. The molecule has 0 spiro atoms. The van der Waals surface area contributed by atoms with Gasteiger partial charge in [0.15, 0.2) is 0 Å². The SMILES string of the molecule is Cc1cn(-c2c(C(C)C)cccc2C(C)C)c(-c2[c-]ncc3oc(F)nc23)n1.[Ir]. The molecule has 4 rings (SSSR count). The first-order valence-electron chi connectivity index (χ1n) is 9.39. The predicted octanol–water partition coefficient (Wildman–Crippen LogP) is 5.57. The number of aryl methyl sites for hydroxylation is 1. The predicted molar refractivity (Wildman–Crippen MR) is 106 cm³/mol. The summed E-state index contributed by atoms with van der Waals surface area (Å²) >= 11 is 0. The van der Waals surface area contributed by atoms with E-state index in [0.29, 0.717) is 28.7 Å². The Kier molecular flexibility index (Phi) is 6.01. The van der Waals surface area contributed by atoms with E-state index in [1.807, 2.05) is 13.1 Å². The molecule has 3 aromatic heterocycles.